The summed E-state index contributed by atoms with van der Waals surface area (Å²) in [4.78, 5) is 22.3. The zero-order chi connectivity index (χ0) is 15.5. The molecule has 0 aliphatic carbocycles. The van der Waals surface area contributed by atoms with Gasteiger partial charge in [-0.1, -0.05) is 13.8 Å². The molecule has 2 amide bonds. The average Bonchev–Trinajstić information content (AvgIpc) is 2.30. The fourth-order valence-corrected chi connectivity index (χ4v) is 2.48. The lowest BCUT2D eigenvalue weighted by atomic mass is 9.94. The SMILES string of the molecule is CC(C)C[C@H](CNC(=O)NCCCS(C)=O)CC(=O)O. The van der Waals surface area contributed by atoms with Crippen molar-refractivity contribution >= 4 is 22.8 Å². The Kier molecular flexibility index (Phi) is 10.1. The molecule has 0 aromatic carbocycles. The highest BCUT2D eigenvalue weighted by molar-refractivity contribution is 7.84. The van der Waals surface area contributed by atoms with Crippen molar-refractivity contribution in [2.24, 2.45) is 11.8 Å². The van der Waals surface area contributed by atoms with Crippen LogP contribution >= 0.6 is 0 Å². The van der Waals surface area contributed by atoms with E-state index in [0.29, 0.717) is 31.2 Å². The first kappa shape index (κ1) is 18.9. The topological polar surface area (TPSA) is 95.5 Å². The second kappa shape index (κ2) is 10.7. The summed E-state index contributed by atoms with van der Waals surface area (Å²) in [7, 11) is -0.842. The predicted octanol–water partition coefficient (Wildman–Crippen LogP) is 1.19. The normalized spacial score (nSPS) is 13.8. The molecule has 0 aliphatic rings. The minimum Gasteiger partial charge on any atom is -0.481 e. The second-order valence-electron chi connectivity index (χ2n) is 5.36. The molecule has 0 saturated carbocycles. The van der Waals surface area contributed by atoms with E-state index in [1.54, 1.807) is 6.26 Å². The quantitative estimate of drug-likeness (QED) is 0.528. The lowest BCUT2D eigenvalue weighted by molar-refractivity contribution is -0.138. The van der Waals surface area contributed by atoms with E-state index in [1.807, 2.05) is 13.8 Å². The molecule has 0 rings (SSSR count). The highest BCUT2D eigenvalue weighted by Crippen LogP contribution is 2.14. The molecule has 0 aliphatic heterocycles. The molecule has 0 bridgehead atoms. The van der Waals surface area contributed by atoms with Gasteiger partial charge in [0.1, 0.15) is 0 Å². The molecule has 3 N–H and O–H groups in total. The molecule has 1 unspecified atom stereocenters. The summed E-state index contributed by atoms with van der Waals surface area (Å²) in [6.07, 6.45) is 3.12. The van der Waals surface area contributed by atoms with Crippen molar-refractivity contribution in [2.75, 3.05) is 25.1 Å². The van der Waals surface area contributed by atoms with Crippen LogP contribution in [0.25, 0.3) is 0 Å². The molecule has 20 heavy (non-hydrogen) atoms. The van der Waals surface area contributed by atoms with E-state index in [9.17, 15) is 13.8 Å². The molecule has 0 fully saturated rings. The molecular weight excluding hydrogens is 280 g/mol. The highest BCUT2D eigenvalue weighted by atomic mass is 32.2. The van der Waals surface area contributed by atoms with Crippen LogP contribution < -0.4 is 10.6 Å². The summed E-state index contributed by atoms with van der Waals surface area (Å²) in [6.45, 7) is 4.88. The Hall–Kier alpha value is -1.11. The Bertz CT molecular complexity index is 334. The summed E-state index contributed by atoms with van der Waals surface area (Å²) < 4.78 is 10.8. The summed E-state index contributed by atoms with van der Waals surface area (Å²) >= 11 is 0. The molecule has 0 saturated heterocycles. The molecule has 0 aromatic heterocycles. The van der Waals surface area contributed by atoms with Gasteiger partial charge >= 0.3 is 12.0 Å². The lowest BCUT2D eigenvalue weighted by Gasteiger charge is -2.18. The third-order valence-electron chi connectivity index (χ3n) is 2.71. The largest absolute Gasteiger partial charge is 0.481 e. The zero-order valence-corrected chi connectivity index (χ0v) is 13.3. The van der Waals surface area contributed by atoms with Gasteiger partial charge in [-0.2, -0.15) is 0 Å². The Balaban J connectivity index is 3.91. The molecule has 2 atom stereocenters. The first-order chi connectivity index (χ1) is 9.31. The van der Waals surface area contributed by atoms with Crippen molar-refractivity contribution in [1.29, 1.82) is 0 Å². The van der Waals surface area contributed by atoms with Crippen LogP contribution in [0, 0.1) is 11.8 Å². The Morgan fingerprint density at radius 3 is 2.40 bits per heavy atom. The van der Waals surface area contributed by atoms with Crippen LogP contribution in [0.4, 0.5) is 4.79 Å². The number of aliphatic carboxylic acids is 1. The number of carboxylic acids is 1. The van der Waals surface area contributed by atoms with Gasteiger partial charge in [0, 0.05) is 42.3 Å². The molecule has 0 aromatic rings. The van der Waals surface area contributed by atoms with E-state index >= 15 is 0 Å². The van der Waals surface area contributed by atoms with Crippen molar-refractivity contribution < 1.29 is 18.9 Å². The Morgan fingerprint density at radius 1 is 1.25 bits per heavy atom. The van der Waals surface area contributed by atoms with Crippen LogP contribution in [-0.4, -0.2) is 46.4 Å². The highest BCUT2D eigenvalue weighted by Gasteiger charge is 2.15. The standard InChI is InChI=1S/C13H26N2O4S/c1-10(2)7-11(8-12(16)17)9-15-13(18)14-5-4-6-20(3)19/h10-11H,4-9H2,1-3H3,(H,16,17)(H2,14,15,18)/t11-,20?/m0/s1. The van der Waals surface area contributed by atoms with Gasteiger partial charge in [0.25, 0.3) is 0 Å². The number of carbonyl (C=O) groups excluding carboxylic acids is 1. The molecule has 0 spiro atoms. The second-order valence-corrected chi connectivity index (χ2v) is 6.92. The molecule has 0 heterocycles. The number of carboxylic acid groups (broad SMARTS) is 1. The van der Waals surface area contributed by atoms with Crippen molar-refractivity contribution in [3.05, 3.63) is 0 Å². The van der Waals surface area contributed by atoms with Crippen molar-refractivity contribution in [2.45, 2.75) is 33.1 Å². The van der Waals surface area contributed by atoms with E-state index in [1.165, 1.54) is 0 Å². The third-order valence-corrected chi connectivity index (χ3v) is 3.58. The van der Waals surface area contributed by atoms with Crippen LogP contribution in [-0.2, 0) is 15.6 Å². The van der Waals surface area contributed by atoms with Gasteiger partial charge in [-0.15, -0.1) is 0 Å². The molecule has 0 radical (unpaired) electrons. The number of hydrogen-bond acceptors (Lipinski definition) is 3. The van der Waals surface area contributed by atoms with Gasteiger partial charge in [0.2, 0.25) is 0 Å². The van der Waals surface area contributed by atoms with Crippen LogP contribution in [0.15, 0.2) is 0 Å². The van der Waals surface area contributed by atoms with Crippen molar-refractivity contribution in [3.8, 4) is 0 Å². The van der Waals surface area contributed by atoms with E-state index in [0.717, 1.165) is 6.42 Å². The maximum atomic E-state index is 11.5. The average molecular weight is 306 g/mol. The van der Waals surface area contributed by atoms with Crippen LogP contribution in [0.1, 0.15) is 33.1 Å². The van der Waals surface area contributed by atoms with Gasteiger partial charge in [-0.3, -0.25) is 9.00 Å². The summed E-state index contributed by atoms with van der Waals surface area (Å²) in [6, 6.07) is -0.300. The monoisotopic (exact) mass is 306 g/mol. The third kappa shape index (κ3) is 12.0. The lowest BCUT2D eigenvalue weighted by Crippen LogP contribution is -2.39. The van der Waals surface area contributed by atoms with Crippen LogP contribution in [0.2, 0.25) is 0 Å². The number of carbonyl (C=O) groups is 2. The molecule has 118 valence electrons. The van der Waals surface area contributed by atoms with Crippen LogP contribution in [0.5, 0.6) is 0 Å². The molecule has 6 nitrogen and oxygen atoms in total. The van der Waals surface area contributed by atoms with Crippen molar-refractivity contribution in [3.63, 3.8) is 0 Å². The summed E-state index contributed by atoms with van der Waals surface area (Å²) in [5, 5.41) is 14.2. The maximum absolute atomic E-state index is 11.5. The molecule has 7 heteroatoms. The predicted molar refractivity (Wildman–Crippen MR) is 80.1 cm³/mol. The zero-order valence-electron chi connectivity index (χ0n) is 12.5. The minimum atomic E-state index is -0.844. The van der Waals surface area contributed by atoms with Crippen LogP contribution in [0.3, 0.4) is 0 Å². The van der Waals surface area contributed by atoms with Gasteiger partial charge in [-0.25, -0.2) is 4.79 Å². The Labute approximate surface area is 123 Å². The first-order valence-corrected chi connectivity index (χ1v) is 8.57. The van der Waals surface area contributed by atoms with E-state index in [2.05, 4.69) is 10.6 Å². The van der Waals surface area contributed by atoms with Gasteiger partial charge in [0.15, 0.2) is 0 Å². The fourth-order valence-electron chi connectivity index (χ4n) is 1.93. The summed E-state index contributed by atoms with van der Waals surface area (Å²) in [5.41, 5.74) is 0. The van der Waals surface area contributed by atoms with Crippen molar-refractivity contribution in [1.82, 2.24) is 10.6 Å². The minimum absolute atomic E-state index is 0.0543. The number of urea groups is 1. The van der Waals surface area contributed by atoms with Gasteiger partial charge < -0.3 is 15.7 Å². The first-order valence-electron chi connectivity index (χ1n) is 6.84. The number of nitrogens with one attached hydrogen (secondary N) is 2. The maximum Gasteiger partial charge on any atom is 0.314 e. The number of amides is 2. The van der Waals surface area contributed by atoms with E-state index in [4.69, 9.17) is 5.11 Å². The number of rotatable bonds is 10. The summed E-state index contributed by atoms with van der Waals surface area (Å²) in [5.74, 6) is 0.0587. The van der Waals surface area contributed by atoms with Gasteiger partial charge in [0.05, 0.1) is 0 Å². The smallest absolute Gasteiger partial charge is 0.314 e. The molecular formula is C13H26N2O4S. The van der Waals surface area contributed by atoms with Gasteiger partial charge in [-0.05, 0) is 24.7 Å². The Morgan fingerprint density at radius 2 is 1.90 bits per heavy atom. The fraction of sp³-hybridized carbons (Fsp3) is 0.846. The van der Waals surface area contributed by atoms with E-state index in [-0.39, 0.29) is 18.4 Å². The van der Waals surface area contributed by atoms with E-state index < -0.39 is 16.8 Å². The number of hydrogen-bond donors (Lipinski definition) is 3.